The Morgan fingerprint density at radius 2 is 1.48 bits per heavy atom. The summed E-state index contributed by atoms with van der Waals surface area (Å²) in [6.45, 7) is 1.41. The van der Waals surface area contributed by atoms with Crippen molar-refractivity contribution in [3.05, 3.63) is 72.3 Å². The summed E-state index contributed by atoms with van der Waals surface area (Å²) in [5.41, 5.74) is 1.95. The minimum absolute atomic E-state index is 0.224. The first-order valence-electron chi connectivity index (χ1n) is 6.56. The molecule has 2 aromatic rings. The second-order valence-corrected chi connectivity index (χ2v) is 4.46. The molecule has 2 N–H and O–H groups in total. The molecule has 0 atom stereocenters. The Kier molecular flexibility index (Phi) is 4.88. The minimum atomic E-state index is -0.297. The van der Waals surface area contributed by atoms with Gasteiger partial charge in [0.05, 0.1) is 5.70 Å². The zero-order chi connectivity index (χ0) is 15.1. The van der Waals surface area contributed by atoms with Gasteiger partial charge in [-0.15, -0.1) is 0 Å². The molecule has 2 amide bonds. The summed E-state index contributed by atoms with van der Waals surface area (Å²) < 4.78 is 0. The molecule has 0 aliphatic carbocycles. The molecular formula is C17H16N2O2. The lowest BCUT2D eigenvalue weighted by molar-refractivity contribution is -0.117. The van der Waals surface area contributed by atoms with Gasteiger partial charge in [0.2, 0.25) is 11.8 Å². The van der Waals surface area contributed by atoms with E-state index in [0.717, 1.165) is 5.56 Å². The van der Waals surface area contributed by atoms with E-state index >= 15 is 0 Å². The van der Waals surface area contributed by atoms with Gasteiger partial charge in [0, 0.05) is 18.7 Å². The van der Waals surface area contributed by atoms with Crippen LogP contribution >= 0.6 is 0 Å². The van der Waals surface area contributed by atoms with Crippen molar-refractivity contribution in [2.24, 2.45) is 0 Å². The smallest absolute Gasteiger partial charge is 0.250 e. The molecule has 0 unspecified atom stereocenters. The van der Waals surface area contributed by atoms with Crippen LogP contribution in [-0.4, -0.2) is 11.8 Å². The number of carbonyl (C=O) groups is 2. The summed E-state index contributed by atoms with van der Waals surface area (Å²) in [5, 5.41) is 5.42. The van der Waals surface area contributed by atoms with Crippen molar-refractivity contribution in [2.75, 3.05) is 5.32 Å². The van der Waals surface area contributed by atoms with Gasteiger partial charge in [0.15, 0.2) is 0 Å². The van der Waals surface area contributed by atoms with E-state index in [1.807, 2.05) is 48.5 Å². The Hall–Kier alpha value is -2.88. The molecule has 21 heavy (non-hydrogen) atoms. The lowest BCUT2D eigenvalue weighted by Gasteiger charge is -2.09. The maximum atomic E-state index is 12.0. The average Bonchev–Trinajstić information content (AvgIpc) is 2.48. The lowest BCUT2D eigenvalue weighted by Crippen LogP contribution is -2.20. The summed E-state index contributed by atoms with van der Waals surface area (Å²) in [7, 11) is 0. The van der Waals surface area contributed by atoms with E-state index in [4.69, 9.17) is 0 Å². The van der Waals surface area contributed by atoms with Crippen LogP contribution in [0, 0.1) is 0 Å². The number of anilines is 1. The number of carbonyl (C=O) groups excluding carboxylic acids is 2. The zero-order valence-electron chi connectivity index (χ0n) is 11.7. The third kappa shape index (κ3) is 4.62. The van der Waals surface area contributed by atoms with E-state index in [2.05, 4.69) is 10.6 Å². The molecule has 0 heterocycles. The Morgan fingerprint density at radius 1 is 0.905 bits per heavy atom. The van der Waals surface area contributed by atoms with E-state index in [-0.39, 0.29) is 11.8 Å². The summed E-state index contributed by atoms with van der Waals surface area (Å²) >= 11 is 0. The van der Waals surface area contributed by atoms with Crippen LogP contribution in [-0.2, 0) is 9.59 Å². The van der Waals surface area contributed by atoms with Crippen molar-refractivity contribution in [2.45, 2.75) is 6.92 Å². The summed E-state index contributed by atoms with van der Waals surface area (Å²) in [4.78, 5) is 23.3. The lowest BCUT2D eigenvalue weighted by atomic mass is 10.1. The highest BCUT2D eigenvalue weighted by Crippen LogP contribution is 2.12. The minimum Gasteiger partial charge on any atom is -0.326 e. The molecule has 0 fully saturated rings. The predicted octanol–water partition coefficient (Wildman–Crippen LogP) is 2.80. The third-order valence-corrected chi connectivity index (χ3v) is 2.71. The van der Waals surface area contributed by atoms with Crippen molar-refractivity contribution in [1.29, 1.82) is 0 Å². The Balaban J connectivity index is 2.20. The van der Waals surface area contributed by atoms with E-state index in [9.17, 15) is 9.59 Å². The Morgan fingerprint density at radius 3 is 2.05 bits per heavy atom. The third-order valence-electron chi connectivity index (χ3n) is 2.71. The molecule has 4 heteroatoms. The molecule has 4 nitrogen and oxygen atoms in total. The first-order chi connectivity index (χ1) is 10.1. The van der Waals surface area contributed by atoms with Crippen molar-refractivity contribution in [1.82, 2.24) is 5.32 Å². The average molecular weight is 280 g/mol. The van der Waals surface area contributed by atoms with Gasteiger partial charge in [0.25, 0.3) is 0 Å². The monoisotopic (exact) mass is 280 g/mol. The molecular weight excluding hydrogens is 264 g/mol. The van der Waals surface area contributed by atoms with Crippen LogP contribution in [0.25, 0.3) is 5.70 Å². The fraction of sp³-hybridized carbons (Fsp3) is 0.0588. The van der Waals surface area contributed by atoms with Crippen LogP contribution in [0.1, 0.15) is 12.5 Å². The number of amides is 2. The number of hydrogen-bond acceptors (Lipinski definition) is 2. The highest BCUT2D eigenvalue weighted by Gasteiger charge is 2.06. The zero-order valence-corrected chi connectivity index (χ0v) is 11.7. The summed E-state index contributed by atoms with van der Waals surface area (Å²) in [6.07, 6.45) is 1.38. The van der Waals surface area contributed by atoms with Crippen LogP contribution in [0.4, 0.5) is 5.69 Å². The first-order valence-corrected chi connectivity index (χ1v) is 6.56. The van der Waals surface area contributed by atoms with E-state index in [0.29, 0.717) is 11.4 Å². The number of para-hydroxylation sites is 1. The van der Waals surface area contributed by atoms with Crippen LogP contribution in [0.15, 0.2) is 66.7 Å². The molecule has 2 aromatic carbocycles. The topological polar surface area (TPSA) is 58.2 Å². The Labute approximate surface area is 123 Å². The predicted molar refractivity (Wildman–Crippen MR) is 83.3 cm³/mol. The second-order valence-electron chi connectivity index (χ2n) is 4.46. The van der Waals surface area contributed by atoms with Gasteiger partial charge in [-0.25, -0.2) is 0 Å². The standard InChI is InChI=1S/C17H16N2O2/c1-13(20)18-16(14-8-4-2-5-9-14)12-17(21)19-15-10-6-3-7-11-15/h2-12H,1H3,(H,18,20)(H,19,21)/b16-12-. The van der Waals surface area contributed by atoms with Gasteiger partial charge in [-0.2, -0.15) is 0 Å². The van der Waals surface area contributed by atoms with Crippen molar-refractivity contribution >= 4 is 23.2 Å². The van der Waals surface area contributed by atoms with Gasteiger partial charge in [-0.05, 0) is 17.7 Å². The molecule has 0 radical (unpaired) electrons. The second kappa shape index (κ2) is 7.05. The molecule has 0 aliphatic heterocycles. The van der Waals surface area contributed by atoms with Crippen molar-refractivity contribution in [3.63, 3.8) is 0 Å². The molecule has 0 aliphatic rings. The molecule has 0 saturated carbocycles. The number of nitrogens with one attached hydrogen (secondary N) is 2. The largest absolute Gasteiger partial charge is 0.326 e. The molecule has 0 spiro atoms. The molecule has 2 rings (SSSR count). The number of rotatable bonds is 4. The first kappa shape index (κ1) is 14.5. The SMILES string of the molecule is CC(=O)N/C(=C\C(=O)Nc1ccccc1)c1ccccc1. The highest BCUT2D eigenvalue weighted by molar-refractivity contribution is 6.05. The van der Waals surface area contributed by atoms with E-state index in [1.54, 1.807) is 12.1 Å². The van der Waals surface area contributed by atoms with E-state index < -0.39 is 0 Å². The van der Waals surface area contributed by atoms with Gasteiger partial charge >= 0.3 is 0 Å². The van der Waals surface area contributed by atoms with Gasteiger partial charge < -0.3 is 10.6 Å². The fourth-order valence-corrected chi connectivity index (χ4v) is 1.83. The van der Waals surface area contributed by atoms with Crippen LogP contribution < -0.4 is 10.6 Å². The van der Waals surface area contributed by atoms with Crippen LogP contribution in [0.2, 0.25) is 0 Å². The maximum Gasteiger partial charge on any atom is 0.250 e. The van der Waals surface area contributed by atoms with Crippen LogP contribution in [0.3, 0.4) is 0 Å². The van der Waals surface area contributed by atoms with Crippen molar-refractivity contribution < 1.29 is 9.59 Å². The number of benzene rings is 2. The van der Waals surface area contributed by atoms with Gasteiger partial charge in [0.1, 0.15) is 0 Å². The normalized spacial score (nSPS) is 10.8. The maximum absolute atomic E-state index is 12.0. The van der Waals surface area contributed by atoms with Gasteiger partial charge in [-0.1, -0.05) is 48.5 Å². The van der Waals surface area contributed by atoms with Gasteiger partial charge in [-0.3, -0.25) is 9.59 Å². The molecule has 0 bridgehead atoms. The Bertz CT molecular complexity index is 649. The molecule has 0 saturated heterocycles. The fourth-order valence-electron chi connectivity index (χ4n) is 1.83. The number of hydrogen-bond donors (Lipinski definition) is 2. The quantitative estimate of drug-likeness (QED) is 0.846. The molecule has 106 valence electrons. The highest BCUT2D eigenvalue weighted by atomic mass is 16.2. The summed E-state index contributed by atoms with van der Waals surface area (Å²) in [6, 6.07) is 18.4. The van der Waals surface area contributed by atoms with E-state index in [1.165, 1.54) is 13.0 Å². The molecule has 0 aromatic heterocycles. The van der Waals surface area contributed by atoms with Crippen LogP contribution in [0.5, 0.6) is 0 Å². The van der Waals surface area contributed by atoms with Crippen molar-refractivity contribution in [3.8, 4) is 0 Å². The summed E-state index contributed by atoms with van der Waals surface area (Å²) in [5.74, 6) is -0.522.